The predicted octanol–water partition coefficient (Wildman–Crippen LogP) is 2.18. The second-order valence-electron chi connectivity index (χ2n) is 6.82. The number of nitrogens with zero attached hydrogens (tertiary/aromatic N) is 3. The third-order valence-corrected chi connectivity index (χ3v) is 5.05. The van der Waals surface area contributed by atoms with Gasteiger partial charge in [-0.05, 0) is 37.1 Å². The molecule has 0 radical (unpaired) electrons. The molecule has 138 valence electrons. The van der Waals surface area contributed by atoms with Crippen LogP contribution in [0.15, 0.2) is 65.7 Å². The lowest BCUT2D eigenvalue weighted by Crippen LogP contribution is -2.42. The van der Waals surface area contributed by atoms with Gasteiger partial charge in [-0.1, -0.05) is 30.3 Å². The Morgan fingerprint density at radius 2 is 1.89 bits per heavy atom. The number of hydrogen-bond acceptors (Lipinski definition) is 4. The molecule has 3 aromatic rings. The van der Waals surface area contributed by atoms with Gasteiger partial charge in [-0.25, -0.2) is 4.98 Å². The van der Waals surface area contributed by atoms with Crippen molar-refractivity contribution < 1.29 is 4.79 Å². The highest BCUT2D eigenvalue weighted by molar-refractivity contribution is 5.78. The van der Waals surface area contributed by atoms with Gasteiger partial charge in [0.15, 0.2) is 0 Å². The summed E-state index contributed by atoms with van der Waals surface area (Å²) in [5.74, 6) is -0.172. The van der Waals surface area contributed by atoms with E-state index in [9.17, 15) is 9.59 Å². The van der Waals surface area contributed by atoms with Crippen LogP contribution >= 0.6 is 0 Å². The molecule has 1 N–H and O–H groups in total. The third-order valence-electron chi connectivity index (χ3n) is 5.05. The monoisotopic (exact) mass is 362 g/mol. The molecule has 1 aliphatic heterocycles. The Morgan fingerprint density at radius 1 is 1.11 bits per heavy atom. The summed E-state index contributed by atoms with van der Waals surface area (Å²) in [6, 6.07) is 17.7. The van der Waals surface area contributed by atoms with Gasteiger partial charge in [0.2, 0.25) is 5.91 Å². The number of aromatic nitrogens is 2. The van der Waals surface area contributed by atoms with Crippen LogP contribution < -0.4 is 15.8 Å². The van der Waals surface area contributed by atoms with Crippen molar-refractivity contribution in [1.29, 1.82) is 0 Å². The second kappa shape index (κ2) is 7.61. The summed E-state index contributed by atoms with van der Waals surface area (Å²) in [4.78, 5) is 31.5. The van der Waals surface area contributed by atoms with E-state index in [0.29, 0.717) is 17.4 Å². The average molecular weight is 362 g/mol. The minimum absolute atomic E-state index is 0.0191. The molecule has 1 aromatic heterocycles. The topological polar surface area (TPSA) is 67.2 Å². The molecular weight excluding hydrogens is 340 g/mol. The quantitative estimate of drug-likeness (QED) is 0.755. The van der Waals surface area contributed by atoms with Gasteiger partial charge in [0, 0.05) is 24.8 Å². The standard InChI is InChI=1S/C21H22N4O2/c26-20(14-24-15-23-19-11-5-4-10-18(19)21(24)27)22-13-17-9-6-12-25(17)16-7-2-1-3-8-16/h1-5,7-8,10-11,15,17H,6,9,12-14H2,(H,22,26). The van der Waals surface area contributed by atoms with E-state index in [1.165, 1.54) is 16.6 Å². The number of fused-ring (bicyclic) bond motifs is 1. The first-order valence-electron chi connectivity index (χ1n) is 9.25. The Balaban J connectivity index is 1.40. The van der Waals surface area contributed by atoms with Crippen LogP contribution in [0.2, 0.25) is 0 Å². The first-order chi connectivity index (χ1) is 13.2. The summed E-state index contributed by atoms with van der Waals surface area (Å²) in [5, 5.41) is 3.51. The molecular formula is C21H22N4O2. The van der Waals surface area contributed by atoms with Crippen LogP contribution in [0.3, 0.4) is 0 Å². The number of carbonyl (C=O) groups excluding carboxylic acids is 1. The summed E-state index contributed by atoms with van der Waals surface area (Å²) in [6.45, 7) is 1.55. The maximum Gasteiger partial charge on any atom is 0.261 e. The summed E-state index contributed by atoms with van der Waals surface area (Å²) in [6.07, 6.45) is 3.60. The number of anilines is 1. The fourth-order valence-electron chi connectivity index (χ4n) is 3.67. The molecule has 0 aliphatic carbocycles. The Bertz CT molecular complexity index is 1000. The minimum atomic E-state index is -0.192. The SMILES string of the molecule is O=C(Cn1cnc2ccccc2c1=O)NCC1CCCN1c1ccccc1. The van der Waals surface area contributed by atoms with Crippen molar-refractivity contribution in [3.8, 4) is 0 Å². The van der Waals surface area contributed by atoms with E-state index in [-0.39, 0.29) is 24.1 Å². The molecule has 1 amide bonds. The number of para-hydroxylation sites is 2. The molecule has 1 saturated heterocycles. The second-order valence-corrected chi connectivity index (χ2v) is 6.82. The zero-order valence-electron chi connectivity index (χ0n) is 15.0. The van der Waals surface area contributed by atoms with Gasteiger partial charge in [-0.2, -0.15) is 0 Å². The summed E-state index contributed by atoms with van der Waals surface area (Å²) in [5.41, 5.74) is 1.63. The number of nitrogens with one attached hydrogen (secondary N) is 1. The fraction of sp³-hybridized carbons (Fsp3) is 0.286. The lowest BCUT2D eigenvalue weighted by atomic mass is 10.2. The van der Waals surface area contributed by atoms with Crippen LogP contribution in [0.1, 0.15) is 12.8 Å². The van der Waals surface area contributed by atoms with Gasteiger partial charge >= 0.3 is 0 Å². The van der Waals surface area contributed by atoms with E-state index < -0.39 is 0 Å². The molecule has 0 bridgehead atoms. The van der Waals surface area contributed by atoms with Gasteiger partial charge in [-0.3, -0.25) is 14.2 Å². The molecule has 0 spiro atoms. The molecule has 1 unspecified atom stereocenters. The van der Waals surface area contributed by atoms with E-state index in [2.05, 4.69) is 27.3 Å². The van der Waals surface area contributed by atoms with Crippen molar-refractivity contribution in [2.75, 3.05) is 18.0 Å². The number of benzene rings is 2. The summed E-state index contributed by atoms with van der Waals surface area (Å²) >= 11 is 0. The van der Waals surface area contributed by atoms with Crippen LogP contribution in [0.25, 0.3) is 10.9 Å². The zero-order chi connectivity index (χ0) is 18.6. The van der Waals surface area contributed by atoms with Crippen LogP contribution in [0.5, 0.6) is 0 Å². The molecule has 4 rings (SSSR count). The van der Waals surface area contributed by atoms with E-state index in [1.54, 1.807) is 18.2 Å². The molecule has 1 atom stereocenters. The Hall–Kier alpha value is -3.15. The van der Waals surface area contributed by atoms with Crippen LogP contribution in [-0.4, -0.2) is 34.6 Å². The normalized spacial score (nSPS) is 16.6. The Labute approximate surface area is 157 Å². The van der Waals surface area contributed by atoms with Crippen molar-refractivity contribution >= 4 is 22.5 Å². The predicted molar refractivity (Wildman–Crippen MR) is 106 cm³/mol. The fourth-order valence-corrected chi connectivity index (χ4v) is 3.67. The van der Waals surface area contributed by atoms with Crippen molar-refractivity contribution in [2.45, 2.75) is 25.4 Å². The number of amides is 1. The number of hydrogen-bond donors (Lipinski definition) is 1. The maximum absolute atomic E-state index is 12.5. The maximum atomic E-state index is 12.5. The highest BCUT2D eigenvalue weighted by Crippen LogP contribution is 2.24. The number of carbonyl (C=O) groups is 1. The van der Waals surface area contributed by atoms with Crippen molar-refractivity contribution in [1.82, 2.24) is 14.9 Å². The highest BCUT2D eigenvalue weighted by Gasteiger charge is 2.25. The van der Waals surface area contributed by atoms with E-state index in [1.807, 2.05) is 24.3 Å². The lowest BCUT2D eigenvalue weighted by Gasteiger charge is -2.27. The first kappa shape index (κ1) is 17.3. The van der Waals surface area contributed by atoms with Crippen molar-refractivity contribution in [3.05, 3.63) is 71.3 Å². The Morgan fingerprint density at radius 3 is 2.74 bits per heavy atom. The minimum Gasteiger partial charge on any atom is -0.367 e. The molecule has 27 heavy (non-hydrogen) atoms. The van der Waals surface area contributed by atoms with E-state index >= 15 is 0 Å². The lowest BCUT2D eigenvalue weighted by molar-refractivity contribution is -0.121. The molecule has 2 heterocycles. The molecule has 2 aromatic carbocycles. The summed E-state index contributed by atoms with van der Waals surface area (Å²) < 4.78 is 1.36. The first-order valence-corrected chi connectivity index (χ1v) is 9.25. The van der Waals surface area contributed by atoms with E-state index in [0.717, 1.165) is 19.4 Å². The molecule has 0 saturated carbocycles. The third kappa shape index (κ3) is 3.69. The molecule has 1 aliphatic rings. The summed E-state index contributed by atoms with van der Waals surface area (Å²) in [7, 11) is 0. The van der Waals surface area contributed by atoms with Gasteiger partial charge in [0.25, 0.3) is 5.56 Å². The van der Waals surface area contributed by atoms with Crippen LogP contribution in [0, 0.1) is 0 Å². The van der Waals surface area contributed by atoms with Crippen molar-refractivity contribution in [3.63, 3.8) is 0 Å². The zero-order valence-corrected chi connectivity index (χ0v) is 15.0. The van der Waals surface area contributed by atoms with Crippen LogP contribution in [-0.2, 0) is 11.3 Å². The van der Waals surface area contributed by atoms with Gasteiger partial charge < -0.3 is 10.2 Å². The van der Waals surface area contributed by atoms with Gasteiger partial charge in [0.05, 0.1) is 17.2 Å². The average Bonchev–Trinajstić information content (AvgIpc) is 3.18. The van der Waals surface area contributed by atoms with Gasteiger partial charge in [-0.15, -0.1) is 0 Å². The van der Waals surface area contributed by atoms with Crippen LogP contribution in [0.4, 0.5) is 5.69 Å². The highest BCUT2D eigenvalue weighted by atomic mass is 16.2. The van der Waals surface area contributed by atoms with Crippen molar-refractivity contribution in [2.24, 2.45) is 0 Å². The molecule has 6 heteroatoms. The van der Waals surface area contributed by atoms with E-state index in [4.69, 9.17) is 0 Å². The molecule has 6 nitrogen and oxygen atoms in total. The number of rotatable bonds is 5. The smallest absolute Gasteiger partial charge is 0.261 e. The largest absolute Gasteiger partial charge is 0.367 e. The molecule has 1 fully saturated rings. The van der Waals surface area contributed by atoms with Gasteiger partial charge in [0.1, 0.15) is 6.54 Å². The Kier molecular flexibility index (Phi) is 4.87.